The number of fused-ring (bicyclic) bond motifs is 3. The summed E-state index contributed by atoms with van der Waals surface area (Å²) in [6, 6.07) is 26.7. The molecule has 1 atom stereocenters. The van der Waals surface area contributed by atoms with E-state index in [2.05, 4.69) is 9.88 Å². The summed E-state index contributed by atoms with van der Waals surface area (Å²) >= 11 is 0. The second-order valence-electron chi connectivity index (χ2n) is 9.18. The number of carbonyl (C=O) groups excluding carboxylic acids is 1. The summed E-state index contributed by atoms with van der Waals surface area (Å²) in [6.45, 7) is 2.27. The first-order valence-corrected chi connectivity index (χ1v) is 12.3. The third-order valence-corrected chi connectivity index (χ3v) is 6.85. The molecule has 38 heavy (non-hydrogen) atoms. The van der Waals surface area contributed by atoms with Crippen LogP contribution in [0.2, 0.25) is 0 Å². The fourth-order valence-electron chi connectivity index (χ4n) is 5.04. The second-order valence-corrected chi connectivity index (χ2v) is 9.18. The number of nitrogens with one attached hydrogen (secondary N) is 1. The Balaban J connectivity index is 1.53. The van der Waals surface area contributed by atoms with Gasteiger partial charge < -0.3 is 19.5 Å². The summed E-state index contributed by atoms with van der Waals surface area (Å²) in [5.41, 5.74) is 5.01. The summed E-state index contributed by atoms with van der Waals surface area (Å²) in [7, 11) is 1.63. The number of amides is 2. The van der Waals surface area contributed by atoms with Crippen molar-refractivity contribution in [2.24, 2.45) is 0 Å². The van der Waals surface area contributed by atoms with Gasteiger partial charge in [0.15, 0.2) is 0 Å². The van der Waals surface area contributed by atoms with Crippen LogP contribution in [0.5, 0.6) is 5.75 Å². The molecular weight excluding hydrogens is 481 g/mol. The smallest absolute Gasteiger partial charge is 0.322 e. The van der Waals surface area contributed by atoms with E-state index in [0.717, 1.165) is 34.0 Å². The van der Waals surface area contributed by atoms with E-state index in [-0.39, 0.29) is 11.8 Å². The van der Waals surface area contributed by atoms with Crippen LogP contribution in [0.15, 0.2) is 97.2 Å². The van der Waals surface area contributed by atoms with E-state index in [1.165, 1.54) is 12.1 Å². The highest BCUT2D eigenvalue weighted by Gasteiger charge is 2.36. The Hall–Kier alpha value is -4.85. The molecular formula is C30H26FN5O2. The van der Waals surface area contributed by atoms with E-state index in [1.807, 2.05) is 84.5 Å². The molecule has 190 valence electrons. The van der Waals surface area contributed by atoms with Crippen molar-refractivity contribution in [1.29, 1.82) is 0 Å². The van der Waals surface area contributed by atoms with Gasteiger partial charge in [-0.1, -0.05) is 30.3 Å². The minimum Gasteiger partial charge on any atom is -0.497 e. The molecule has 2 aromatic heterocycles. The monoisotopic (exact) mass is 507 g/mol. The van der Waals surface area contributed by atoms with Crippen molar-refractivity contribution in [3.8, 4) is 17.3 Å². The number of benzene rings is 3. The van der Waals surface area contributed by atoms with Crippen molar-refractivity contribution in [1.82, 2.24) is 19.2 Å². The Bertz CT molecular complexity index is 1610. The topological polar surface area (TPSA) is 64.3 Å². The molecule has 0 aliphatic carbocycles. The van der Waals surface area contributed by atoms with Crippen molar-refractivity contribution >= 4 is 11.7 Å². The third-order valence-electron chi connectivity index (χ3n) is 6.85. The lowest BCUT2D eigenvalue weighted by atomic mass is 10.0. The van der Waals surface area contributed by atoms with Gasteiger partial charge in [0.05, 0.1) is 36.8 Å². The quantitative estimate of drug-likeness (QED) is 0.312. The van der Waals surface area contributed by atoms with E-state index in [0.29, 0.717) is 18.0 Å². The van der Waals surface area contributed by atoms with Crippen LogP contribution in [-0.2, 0) is 6.54 Å². The minimum absolute atomic E-state index is 0.308. The first-order chi connectivity index (χ1) is 18.5. The van der Waals surface area contributed by atoms with E-state index in [9.17, 15) is 9.18 Å². The number of ether oxygens (including phenoxy) is 1. The second kappa shape index (κ2) is 9.55. The molecule has 0 unspecified atom stereocenters. The molecule has 0 saturated heterocycles. The number of aromatic nitrogens is 3. The predicted molar refractivity (Wildman–Crippen MR) is 143 cm³/mol. The van der Waals surface area contributed by atoms with Crippen molar-refractivity contribution < 1.29 is 13.9 Å². The van der Waals surface area contributed by atoms with Crippen molar-refractivity contribution in [2.45, 2.75) is 19.5 Å². The number of carbonyl (C=O) groups is 1. The molecule has 1 aliphatic rings. The molecule has 1 N–H and O–H groups in total. The van der Waals surface area contributed by atoms with Crippen LogP contribution in [0.4, 0.5) is 14.9 Å². The maximum atomic E-state index is 13.9. The van der Waals surface area contributed by atoms with Gasteiger partial charge >= 0.3 is 6.03 Å². The van der Waals surface area contributed by atoms with Gasteiger partial charge in [0, 0.05) is 17.4 Å². The van der Waals surface area contributed by atoms with E-state index < -0.39 is 6.04 Å². The highest BCUT2D eigenvalue weighted by Crippen LogP contribution is 2.39. The molecule has 0 bridgehead atoms. The number of anilines is 1. The number of para-hydroxylation sites is 1. The first-order valence-electron chi connectivity index (χ1n) is 12.3. The number of rotatable bonds is 4. The summed E-state index contributed by atoms with van der Waals surface area (Å²) in [4.78, 5) is 15.7. The van der Waals surface area contributed by atoms with Gasteiger partial charge in [-0.15, -0.1) is 0 Å². The molecule has 0 radical (unpaired) electrons. The largest absolute Gasteiger partial charge is 0.497 e. The number of halogens is 1. The lowest BCUT2D eigenvalue weighted by Gasteiger charge is -2.31. The maximum absolute atomic E-state index is 13.9. The molecule has 1 aliphatic heterocycles. The number of hydrogen-bond donors (Lipinski definition) is 1. The Labute approximate surface area is 219 Å². The zero-order chi connectivity index (χ0) is 26.2. The predicted octanol–water partition coefficient (Wildman–Crippen LogP) is 6.26. The van der Waals surface area contributed by atoms with Crippen LogP contribution < -0.4 is 10.1 Å². The molecule has 0 fully saturated rings. The molecule has 0 spiro atoms. The molecule has 7 nitrogen and oxygen atoms in total. The van der Waals surface area contributed by atoms with Crippen molar-refractivity contribution in [2.75, 3.05) is 12.4 Å². The van der Waals surface area contributed by atoms with Gasteiger partial charge in [-0.3, -0.25) is 0 Å². The molecule has 3 aromatic carbocycles. The zero-order valence-electron chi connectivity index (χ0n) is 21.0. The number of methoxy groups -OCH3 is 1. The van der Waals surface area contributed by atoms with Crippen LogP contribution in [0.3, 0.4) is 0 Å². The Morgan fingerprint density at radius 1 is 1.00 bits per heavy atom. The van der Waals surface area contributed by atoms with E-state index in [1.54, 1.807) is 24.1 Å². The number of hydrogen-bond acceptors (Lipinski definition) is 3. The molecule has 8 heteroatoms. The maximum Gasteiger partial charge on any atom is 0.322 e. The standard InChI is InChI=1S/C30H26FN5O2/c1-20-26-19-35(30(37)32-23-15-13-22(31)14-16-23)28(21-8-6-11-25(18-21)38-2)27-12-7-17-34(27)29(26)36(33-20)24-9-4-3-5-10-24/h3-18,28H,19H2,1-2H3,(H,32,37)/t28-/m1/s1. The van der Waals surface area contributed by atoms with Crippen molar-refractivity contribution in [3.05, 3.63) is 126 Å². The molecule has 2 amide bonds. The van der Waals surface area contributed by atoms with Gasteiger partial charge in [0.25, 0.3) is 0 Å². The Morgan fingerprint density at radius 3 is 2.55 bits per heavy atom. The summed E-state index contributed by atoms with van der Waals surface area (Å²) in [6.07, 6.45) is 2.00. The zero-order valence-corrected chi connectivity index (χ0v) is 21.0. The van der Waals surface area contributed by atoms with Crippen molar-refractivity contribution in [3.63, 3.8) is 0 Å². The van der Waals surface area contributed by atoms with E-state index >= 15 is 0 Å². The lowest BCUT2D eigenvalue weighted by Crippen LogP contribution is -2.38. The van der Waals surface area contributed by atoms with Gasteiger partial charge in [-0.25, -0.2) is 13.9 Å². The molecule has 0 saturated carbocycles. The number of aryl methyl sites for hydroxylation is 1. The van der Waals surface area contributed by atoms with Gasteiger partial charge in [0.2, 0.25) is 0 Å². The molecule has 3 heterocycles. The fourth-order valence-corrected chi connectivity index (χ4v) is 5.04. The average Bonchev–Trinajstić information content (AvgIpc) is 3.50. The fraction of sp³-hybridized carbons (Fsp3) is 0.133. The first kappa shape index (κ1) is 23.5. The highest BCUT2D eigenvalue weighted by atomic mass is 19.1. The van der Waals surface area contributed by atoms with Gasteiger partial charge in [-0.2, -0.15) is 5.10 Å². The van der Waals surface area contributed by atoms with Crippen LogP contribution in [0.1, 0.15) is 28.6 Å². The normalized spacial score (nSPS) is 14.4. The van der Waals surface area contributed by atoms with E-state index in [4.69, 9.17) is 9.84 Å². The third kappa shape index (κ3) is 4.10. The highest BCUT2D eigenvalue weighted by molar-refractivity contribution is 5.90. The van der Waals surface area contributed by atoms with Crippen LogP contribution >= 0.6 is 0 Å². The summed E-state index contributed by atoms with van der Waals surface area (Å²) < 4.78 is 23.1. The number of nitrogens with zero attached hydrogens (tertiary/aromatic N) is 4. The minimum atomic E-state index is -0.434. The summed E-state index contributed by atoms with van der Waals surface area (Å²) in [5.74, 6) is 1.23. The average molecular weight is 508 g/mol. The lowest BCUT2D eigenvalue weighted by molar-refractivity contribution is 0.194. The number of urea groups is 1. The van der Waals surface area contributed by atoms with Crippen LogP contribution in [0.25, 0.3) is 11.5 Å². The SMILES string of the molecule is COc1cccc([C@@H]2c3cccn3-c3c(c(C)nn3-c3ccccc3)CN2C(=O)Nc2ccc(F)cc2)c1. The van der Waals surface area contributed by atoms with Gasteiger partial charge in [-0.05, 0) is 73.2 Å². The summed E-state index contributed by atoms with van der Waals surface area (Å²) in [5, 5.41) is 7.83. The van der Waals surface area contributed by atoms with Crippen LogP contribution in [0, 0.1) is 12.7 Å². The van der Waals surface area contributed by atoms with Crippen LogP contribution in [-0.4, -0.2) is 32.4 Å². The van der Waals surface area contributed by atoms with Gasteiger partial charge in [0.1, 0.15) is 17.4 Å². The molecule has 5 aromatic rings. The molecule has 6 rings (SSSR count). The Kier molecular flexibility index (Phi) is 5.92. The Morgan fingerprint density at radius 2 is 1.79 bits per heavy atom.